The van der Waals surface area contributed by atoms with Crippen LogP contribution in [-0.2, 0) is 25.6 Å². The van der Waals surface area contributed by atoms with Crippen molar-refractivity contribution in [1.29, 1.82) is 0 Å². The number of carbonyl (C=O) groups excluding carboxylic acids is 4. The number of Topliss-reactive ketones (excluding diaryl/α,β-unsaturated/α-hetero) is 1. The zero-order valence-corrected chi connectivity index (χ0v) is 22.2. The van der Waals surface area contributed by atoms with E-state index in [1.165, 1.54) is 24.2 Å². The number of aromatic hydroxyl groups is 2. The number of phenols is 2. The van der Waals surface area contributed by atoms with E-state index in [0.29, 0.717) is 40.9 Å². The van der Waals surface area contributed by atoms with E-state index in [2.05, 4.69) is 0 Å². The third-order valence-electron chi connectivity index (χ3n) is 8.76. The molecule has 0 saturated carbocycles. The lowest BCUT2D eigenvalue weighted by Crippen LogP contribution is -2.40. The molecule has 2 aromatic rings. The number of likely N-dealkylation sites (tertiary alicyclic amines) is 1. The lowest BCUT2D eigenvalue weighted by molar-refractivity contribution is -0.140. The summed E-state index contributed by atoms with van der Waals surface area (Å²) >= 11 is 0. The minimum absolute atomic E-state index is 0.0734. The Morgan fingerprint density at radius 2 is 1.73 bits per heavy atom. The second-order valence-electron chi connectivity index (χ2n) is 10.9. The third kappa shape index (κ3) is 3.97. The summed E-state index contributed by atoms with van der Waals surface area (Å²) in [6.07, 6.45) is 4.26. The monoisotopic (exact) mass is 539 g/mol. The number of imide groups is 1. The SMILES string of the molecule is COc1ccc(C2C3=CCC4C(=O)N(CCc5ccc(O)cc5)C(=O)C4C3CC3=C2C(=O)C=C(C)C3=O)c(O)c1. The van der Waals surface area contributed by atoms with Gasteiger partial charge in [-0.2, -0.15) is 0 Å². The average Bonchev–Trinajstić information content (AvgIpc) is 3.19. The van der Waals surface area contributed by atoms with Crippen LogP contribution in [0.3, 0.4) is 0 Å². The van der Waals surface area contributed by atoms with Gasteiger partial charge in [0, 0.05) is 40.8 Å². The van der Waals surface area contributed by atoms with Crippen molar-refractivity contribution in [2.75, 3.05) is 13.7 Å². The first-order valence-electron chi connectivity index (χ1n) is 13.4. The van der Waals surface area contributed by atoms with E-state index < -0.39 is 23.7 Å². The molecular formula is C32H29NO7. The number of amides is 2. The maximum Gasteiger partial charge on any atom is 0.233 e. The minimum atomic E-state index is -0.713. The molecule has 8 heteroatoms. The van der Waals surface area contributed by atoms with E-state index in [1.54, 1.807) is 43.3 Å². The molecule has 2 aromatic carbocycles. The number of nitrogens with zero attached hydrogens (tertiary/aromatic N) is 1. The Morgan fingerprint density at radius 3 is 2.42 bits per heavy atom. The minimum Gasteiger partial charge on any atom is -0.508 e. The molecular weight excluding hydrogens is 510 g/mol. The Hall–Kier alpha value is -4.46. The number of ketones is 2. The zero-order valence-electron chi connectivity index (χ0n) is 22.2. The number of hydrogen-bond donors (Lipinski definition) is 2. The van der Waals surface area contributed by atoms with Crippen molar-refractivity contribution >= 4 is 23.4 Å². The zero-order chi connectivity index (χ0) is 28.3. The van der Waals surface area contributed by atoms with E-state index in [9.17, 15) is 29.4 Å². The summed E-state index contributed by atoms with van der Waals surface area (Å²) in [5.74, 6) is -2.87. The van der Waals surface area contributed by atoms with E-state index in [4.69, 9.17) is 4.74 Å². The summed E-state index contributed by atoms with van der Waals surface area (Å²) in [7, 11) is 1.49. The van der Waals surface area contributed by atoms with Crippen molar-refractivity contribution in [3.63, 3.8) is 0 Å². The van der Waals surface area contributed by atoms with Crippen LogP contribution in [0.2, 0.25) is 0 Å². The van der Waals surface area contributed by atoms with Crippen LogP contribution in [0.15, 0.2) is 76.9 Å². The highest BCUT2D eigenvalue weighted by Gasteiger charge is 2.56. The van der Waals surface area contributed by atoms with Gasteiger partial charge in [0.05, 0.1) is 18.9 Å². The van der Waals surface area contributed by atoms with Crippen molar-refractivity contribution in [2.45, 2.75) is 32.1 Å². The Morgan fingerprint density at radius 1 is 0.975 bits per heavy atom. The molecule has 6 rings (SSSR count). The molecule has 40 heavy (non-hydrogen) atoms. The lowest BCUT2D eigenvalue weighted by atomic mass is 9.59. The van der Waals surface area contributed by atoms with Crippen molar-refractivity contribution in [2.24, 2.45) is 17.8 Å². The van der Waals surface area contributed by atoms with Crippen LogP contribution in [0.1, 0.15) is 36.8 Å². The van der Waals surface area contributed by atoms with Gasteiger partial charge < -0.3 is 14.9 Å². The Bertz CT molecular complexity index is 1560. The summed E-state index contributed by atoms with van der Waals surface area (Å²) in [4.78, 5) is 55.3. The maximum atomic E-state index is 13.8. The van der Waals surface area contributed by atoms with Crippen molar-refractivity contribution in [1.82, 2.24) is 4.90 Å². The van der Waals surface area contributed by atoms with Gasteiger partial charge in [0.1, 0.15) is 17.2 Å². The van der Waals surface area contributed by atoms with Crippen molar-refractivity contribution in [3.8, 4) is 17.2 Å². The number of hydrogen-bond acceptors (Lipinski definition) is 7. The number of allylic oxidation sites excluding steroid dienone is 6. The number of benzene rings is 2. The molecule has 0 spiro atoms. The second-order valence-corrected chi connectivity index (χ2v) is 10.9. The van der Waals surface area contributed by atoms with Gasteiger partial charge in [-0.1, -0.05) is 29.8 Å². The van der Waals surface area contributed by atoms with Gasteiger partial charge in [-0.05, 0) is 61.9 Å². The first-order valence-corrected chi connectivity index (χ1v) is 13.4. The lowest BCUT2D eigenvalue weighted by Gasteiger charge is -2.42. The molecule has 3 aliphatic carbocycles. The van der Waals surface area contributed by atoms with Crippen LogP contribution < -0.4 is 4.74 Å². The fourth-order valence-corrected chi connectivity index (χ4v) is 6.82. The molecule has 1 saturated heterocycles. The molecule has 0 aromatic heterocycles. The fourth-order valence-electron chi connectivity index (χ4n) is 6.82. The van der Waals surface area contributed by atoms with Crippen molar-refractivity contribution < 1.29 is 34.1 Å². The van der Waals surface area contributed by atoms with E-state index in [0.717, 1.165) is 11.1 Å². The standard InChI is InChI=1S/C32H29NO7/c1-16-13-26(36)29-24(30(16)37)15-23-20(27(29)21-8-7-19(40-2)14-25(21)35)9-10-22-28(23)32(39)33(31(22)38)12-11-17-3-5-18(34)6-4-17/h3-9,13-14,22-23,27-28,34-35H,10-12,15H2,1-2H3. The number of ether oxygens (including phenoxy) is 1. The van der Waals surface area contributed by atoms with Crippen LogP contribution in [0, 0.1) is 17.8 Å². The number of carbonyl (C=O) groups is 4. The second kappa shape index (κ2) is 9.62. The van der Waals surface area contributed by atoms with Gasteiger partial charge in [0.15, 0.2) is 11.6 Å². The van der Waals surface area contributed by atoms with E-state index in [-0.39, 0.29) is 47.8 Å². The van der Waals surface area contributed by atoms with Crippen LogP contribution in [0.25, 0.3) is 0 Å². The van der Waals surface area contributed by atoms with E-state index >= 15 is 0 Å². The Kier molecular flexibility index (Phi) is 6.21. The van der Waals surface area contributed by atoms with Gasteiger partial charge in [0.2, 0.25) is 11.8 Å². The average molecular weight is 540 g/mol. The highest BCUT2D eigenvalue weighted by Crippen LogP contribution is 2.56. The largest absolute Gasteiger partial charge is 0.508 e. The summed E-state index contributed by atoms with van der Waals surface area (Å²) in [5.41, 5.74) is 3.16. The quantitative estimate of drug-likeness (QED) is 0.337. The summed E-state index contributed by atoms with van der Waals surface area (Å²) in [5, 5.41) is 20.5. The Balaban J connectivity index is 1.39. The van der Waals surface area contributed by atoms with Gasteiger partial charge in [-0.15, -0.1) is 0 Å². The van der Waals surface area contributed by atoms with Gasteiger partial charge >= 0.3 is 0 Å². The maximum absolute atomic E-state index is 13.8. The highest BCUT2D eigenvalue weighted by atomic mass is 16.5. The van der Waals surface area contributed by atoms with Gasteiger partial charge in [-0.3, -0.25) is 24.1 Å². The molecule has 0 bridgehead atoms. The smallest absolute Gasteiger partial charge is 0.233 e. The molecule has 204 valence electrons. The molecule has 1 heterocycles. The molecule has 4 unspecified atom stereocenters. The van der Waals surface area contributed by atoms with Crippen LogP contribution in [0.5, 0.6) is 17.2 Å². The number of methoxy groups -OCH3 is 1. The fraction of sp³-hybridized carbons (Fsp3) is 0.312. The molecule has 2 N–H and O–H groups in total. The normalized spacial score (nSPS) is 25.8. The van der Waals surface area contributed by atoms with Crippen LogP contribution in [-0.4, -0.2) is 52.1 Å². The van der Waals surface area contributed by atoms with Gasteiger partial charge in [0.25, 0.3) is 0 Å². The van der Waals surface area contributed by atoms with Crippen molar-refractivity contribution in [3.05, 3.63) is 88.0 Å². The molecule has 4 aliphatic rings. The molecule has 1 fully saturated rings. The topological polar surface area (TPSA) is 121 Å². The summed E-state index contributed by atoms with van der Waals surface area (Å²) < 4.78 is 5.24. The Labute approximate surface area is 231 Å². The first kappa shape index (κ1) is 25.8. The summed E-state index contributed by atoms with van der Waals surface area (Å²) in [6.45, 7) is 1.82. The highest BCUT2D eigenvalue weighted by molar-refractivity contribution is 6.23. The molecule has 2 amide bonds. The number of phenolic OH excluding ortho intramolecular Hbond substituents is 2. The first-order chi connectivity index (χ1) is 19.2. The molecule has 0 radical (unpaired) electrons. The predicted octanol–water partition coefficient (Wildman–Crippen LogP) is 3.78. The molecule has 8 nitrogen and oxygen atoms in total. The van der Waals surface area contributed by atoms with Crippen LogP contribution >= 0.6 is 0 Å². The third-order valence-corrected chi connectivity index (χ3v) is 8.76. The molecule has 1 aliphatic heterocycles. The predicted molar refractivity (Wildman–Crippen MR) is 145 cm³/mol. The molecule has 4 atom stereocenters. The van der Waals surface area contributed by atoms with Crippen LogP contribution in [0.4, 0.5) is 0 Å². The summed E-state index contributed by atoms with van der Waals surface area (Å²) in [6, 6.07) is 11.5. The van der Waals surface area contributed by atoms with E-state index in [1.807, 2.05) is 6.08 Å². The van der Waals surface area contributed by atoms with Gasteiger partial charge in [-0.25, -0.2) is 0 Å². The number of fused-ring (bicyclic) bond motifs is 3. The number of rotatable bonds is 5.